The number of hydrogen-bond donors (Lipinski definition) is 1. The molecule has 0 aromatic heterocycles. The molecule has 92 valence electrons. The summed E-state index contributed by atoms with van der Waals surface area (Å²) in [5, 5.41) is 0. The Bertz CT molecular complexity index is 465. The Balaban J connectivity index is 2.41. The lowest BCUT2D eigenvalue weighted by molar-refractivity contribution is 0.0886. The van der Waals surface area contributed by atoms with Crippen LogP contribution in [0.1, 0.15) is 41.6 Å². The first kappa shape index (κ1) is 12.2. The van der Waals surface area contributed by atoms with Crippen LogP contribution in [-0.4, -0.2) is 11.3 Å². The van der Waals surface area contributed by atoms with Gasteiger partial charge in [-0.2, -0.15) is 0 Å². The molecule has 2 N–H and O–H groups in total. The number of carbonyl (C=O) groups is 1. The van der Waals surface area contributed by atoms with Gasteiger partial charge in [0.05, 0.1) is 11.1 Å². The fraction of sp³-hybridized carbons (Fsp3) is 0.462. The molecule has 0 radical (unpaired) electrons. The van der Waals surface area contributed by atoms with Gasteiger partial charge in [0.1, 0.15) is 0 Å². The monoisotopic (exact) mass is 239 g/mol. The third kappa shape index (κ3) is 1.97. The molecular formula is C13H15F2NO. The molecule has 1 aliphatic rings. The predicted octanol–water partition coefficient (Wildman–Crippen LogP) is 2.73. The molecule has 0 unspecified atom stereocenters. The summed E-state index contributed by atoms with van der Waals surface area (Å²) in [5.74, 6) is -2.52. The number of aryl methyl sites for hydroxylation is 1. The molecule has 2 nitrogen and oxygen atoms in total. The molecule has 17 heavy (non-hydrogen) atoms. The minimum absolute atomic E-state index is 0.191. The highest BCUT2D eigenvalue weighted by Crippen LogP contribution is 2.31. The first-order valence-corrected chi connectivity index (χ1v) is 5.74. The van der Waals surface area contributed by atoms with Crippen LogP contribution in [-0.2, 0) is 0 Å². The minimum atomic E-state index is -1.08. The van der Waals surface area contributed by atoms with Crippen molar-refractivity contribution in [1.29, 1.82) is 0 Å². The lowest BCUT2D eigenvalue weighted by atomic mass is 9.88. The fourth-order valence-corrected chi connectivity index (χ4v) is 2.32. The maximum absolute atomic E-state index is 13.7. The van der Waals surface area contributed by atoms with E-state index in [0.29, 0.717) is 12.8 Å². The second-order valence-electron chi connectivity index (χ2n) is 4.75. The van der Waals surface area contributed by atoms with Crippen LogP contribution in [0.2, 0.25) is 0 Å². The van der Waals surface area contributed by atoms with Crippen molar-refractivity contribution in [1.82, 2.24) is 0 Å². The first-order valence-electron chi connectivity index (χ1n) is 5.74. The van der Waals surface area contributed by atoms with Crippen LogP contribution in [0.25, 0.3) is 0 Å². The third-order valence-corrected chi connectivity index (χ3v) is 3.47. The van der Waals surface area contributed by atoms with Crippen molar-refractivity contribution in [2.45, 2.75) is 38.1 Å². The van der Waals surface area contributed by atoms with Crippen LogP contribution in [0.15, 0.2) is 12.1 Å². The summed E-state index contributed by atoms with van der Waals surface area (Å²) in [4.78, 5) is 12.1. The standard InChI is InChI=1S/C13H15F2NO/c1-8-4-5-9(11(15)10(8)14)12(17)13(16)6-2-3-7-13/h4-5H,2-3,6-7,16H2,1H3. The molecular weight excluding hydrogens is 224 g/mol. The van der Waals surface area contributed by atoms with Gasteiger partial charge in [-0.15, -0.1) is 0 Å². The quantitative estimate of drug-likeness (QED) is 0.806. The Morgan fingerprint density at radius 3 is 2.41 bits per heavy atom. The summed E-state index contributed by atoms with van der Waals surface area (Å²) in [6.07, 6.45) is 2.80. The minimum Gasteiger partial charge on any atom is -0.319 e. The number of rotatable bonds is 2. The van der Waals surface area contributed by atoms with Gasteiger partial charge in [-0.1, -0.05) is 18.9 Å². The molecule has 0 atom stereocenters. The second-order valence-corrected chi connectivity index (χ2v) is 4.75. The fourth-order valence-electron chi connectivity index (χ4n) is 2.32. The predicted molar refractivity (Wildman–Crippen MR) is 60.8 cm³/mol. The van der Waals surface area contributed by atoms with Crippen molar-refractivity contribution in [3.8, 4) is 0 Å². The van der Waals surface area contributed by atoms with E-state index in [4.69, 9.17) is 5.73 Å². The van der Waals surface area contributed by atoms with Gasteiger partial charge in [-0.3, -0.25) is 4.79 Å². The van der Waals surface area contributed by atoms with E-state index in [2.05, 4.69) is 0 Å². The normalized spacial score (nSPS) is 18.4. The van der Waals surface area contributed by atoms with E-state index in [9.17, 15) is 13.6 Å². The molecule has 4 heteroatoms. The molecule has 0 bridgehead atoms. The van der Waals surface area contributed by atoms with Crippen LogP contribution in [0, 0.1) is 18.6 Å². The number of halogens is 2. The van der Waals surface area contributed by atoms with E-state index in [-0.39, 0.29) is 11.1 Å². The Hall–Kier alpha value is -1.29. The van der Waals surface area contributed by atoms with E-state index in [1.807, 2.05) is 0 Å². The van der Waals surface area contributed by atoms with Crippen LogP contribution >= 0.6 is 0 Å². The van der Waals surface area contributed by atoms with E-state index >= 15 is 0 Å². The van der Waals surface area contributed by atoms with Gasteiger partial charge in [0.15, 0.2) is 17.4 Å². The number of nitrogens with two attached hydrogens (primary N) is 1. The highest BCUT2D eigenvalue weighted by Gasteiger charge is 2.39. The van der Waals surface area contributed by atoms with Crippen LogP contribution in [0.5, 0.6) is 0 Å². The van der Waals surface area contributed by atoms with E-state index < -0.39 is 23.0 Å². The van der Waals surface area contributed by atoms with Crippen LogP contribution in [0.3, 0.4) is 0 Å². The lowest BCUT2D eigenvalue weighted by Crippen LogP contribution is -2.45. The van der Waals surface area contributed by atoms with Crippen molar-refractivity contribution in [2.24, 2.45) is 5.73 Å². The summed E-state index contributed by atoms with van der Waals surface area (Å²) in [5.41, 5.74) is 4.91. The average Bonchev–Trinajstić information content (AvgIpc) is 2.74. The molecule has 0 heterocycles. The number of ketones is 1. The largest absolute Gasteiger partial charge is 0.319 e. The van der Waals surface area contributed by atoms with Crippen molar-refractivity contribution in [3.63, 3.8) is 0 Å². The van der Waals surface area contributed by atoms with Gasteiger partial charge in [0.2, 0.25) is 0 Å². The van der Waals surface area contributed by atoms with Crippen molar-refractivity contribution >= 4 is 5.78 Å². The number of benzene rings is 1. The zero-order valence-electron chi connectivity index (χ0n) is 9.72. The lowest BCUT2D eigenvalue weighted by Gasteiger charge is -2.22. The maximum atomic E-state index is 13.7. The van der Waals surface area contributed by atoms with Gasteiger partial charge in [-0.05, 0) is 31.4 Å². The SMILES string of the molecule is Cc1ccc(C(=O)C2(N)CCCC2)c(F)c1F. The van der Waals surface area contributed by atoms with E-state index in [0.717, 1.165) is 12.8 Å². The third-order valence-electron chi connectivity index (χ3n) is 3.47. The summed E-state index contributed by atoms with van der Waals surface area (Å²) in [7, 11) is 0. The Morgan fingerprint density at radius 2 is 1.82 bits per heavy atom. The first-order chi connectivity index (χ1) is 7.96. The Morgan fingerprint density at radius 1 is 1.24 bits per heavy atom. The molecule has 1 aliphatic carbocycles. The Labute approximate surface area is 98.8 Å². The molecule has 1 fully saturated rings. The molecule has 2 rings (SSSR count). The van der Waals surface area contributed by atoms with E-state index in [1.165, 1.54) is 19.1 Å². The molecule has 0 aliphatic heterocycles. The second kappa shape index (κ2) is 4.18. The van der Waals surface area contributed by atoms with Gasteiger partial charge < -0.3 is 5.73 Å². The van der Waals surface area contributed by atoms with Gasteiger partial charge in [0, 0.05) is 0 Å². The maximum Gasteiger partial charge on any atom is 0.185 e. The zero-order chi connectivity index (χ0) is 12.6. The van der Waals surface area contributed by atoms with Crippen molar-refractivity contribution in [2.75, 3.05) is 0 Å². The molecule has 0 amide bonds. The summed E-state index contributed by atoms with van der Waals surface area (Å²) < 4.78 is 27.1. The summed E-state index contributed by atoms with van der Waals surface area (Å²) in [6, 6.07) is 2.73. The highest BCUT2D eigenvalue weighted by atomic mass is 19.2. The van der Waals surface area contributed by atoms with Crippen molar-refractivity contribution in [3.05, 3.63) is 34.9 Å². The average molecular weight is 239 g/mol. The Kier molecular flexibility index (Phi) is 3.00. The number of carbonyl (C=O) groups excluding carboxylic acids is 1. The number of hydrogen-bond acceptors (Lipinski definition) is 2. The zero-order valence-corrected chi connectivity index (χ0v) is 9.72. The van der Waals surface area contributed by atoms with Crippen LogP contribution < -0.4 is 5.73 Å². The van der Waals surface area contributed by atoms with Gasteiger partial charge >= 0.3 is 0 Å². The smallest absolute Gasteiger partial charge is 0.185 e. The van der Waals surface area contributed by atoms with E-state index in [1.54, 1.807) is 0 Å². The molecule has 1 aromatic carbocycles. The molecule has 0 spiro atoms. The van der Waals surface area contributed by atoms with Gasteiger partial charge in [-0.25, -0.2) is 8.78 Å². The molecule has 1 aromatic rings. The molecule has 1 saturated carbocycles. The number of Topliss-reactive ketones (excluding diaryl/α,β-unsaturated/α-hetero) is 1. The summed E-state index contributed by atoms with van der Waals surface area (Å²) >= 11 is 0. The van der Waals surface area contributed by atoms with Crippen molar-refractivity contribution < 1.29 is 13.6 Å². The topological polar surface area (TPSA) is 43.1 Å². The summed E-state index contributed by atoms with van der Waals surface area (Å²) in [6.45, 7) is 1.46. The van der Waals surface area contributed by atoms with Gasteiger partial charge in [0.25, 0.3) is 0 Å². The highest BCUT2D eigenvalue weighted by molar-refractivity contribution is 6.03. The van der Waals surface area contributed by atoms with Crippen LogP contribution in [0.4, 0.5) is 8.78 Å². The molecule has 0 saturated heterocycles.